The standard InChI is InChI=1S/C17H21NO/c1-13-8-10-15(11-9-13)17(16(19)12-18-2)14-6-4-3-5-7-14/h3-11,16-19H,12H2,1-2H3. The number of rotatable bonds is 5. The van der Waals surface area contributed by atoms with Crippen molar-refractivity contribution in [1.82, 2.24) is 5.32 Å². The van der Waals surface area contributed by atoms with E-state index >= 15 is 0 Å². The lowest BCUT2D eigenvalue weighted by Crippen LogP contribution is -2.30. The lowest BCUT2D eigenvalue weighted by Gasteiger charge is -2.24. The minimum Gasteiger partial charge on any atom is -0.391 e. The average Bonchev–Trinajstić information content (AvgIpc) is 2.43. The summed E-state index contributed by atoms with van der Waals surface area (Å²) in [6, 6.07) is 18.6. The van der Waals surface area contributed by atoms with Crippen molar-refractivity contribution in [2.24, 2.45) is 0 Å². The number of aliphatic hydroxyl groups is 1. The van der Waals surface area contributed by atoms with Crippen molar-refractivity contribution >= 4 is 0 Å². The van der Waals surface area contributed by atoms with Gasteiger partial charge in [0.25, 0.3) is 0 Å². The Morgan fingerprint density at radius 1 is 0.947 bits per heavy atom. The molecule has 0 amide bonds. The predicted molar refractivity (Wildman–Crippen MR) is 79.4 cm³/mol. The number of hydrogen-bond donors (Lipinski definition) is 2. The molecule has 100 valence electrons. The Balaban J connectivity index is 2.37. The fourth-order valence-corrected chi connectivity index (χ4v) is 2.40. The van der Waals surface area contributed by atoms with Crippen LogP contribution in [0.2, 0.25) is 0 Å². The van der Waals surface area contributed by atoms with Gasteiger partial charge in [0.1, 0.15) is 0 Å². The van der Waals surface area contributed by atoms with Crippen LogP contribution < -0.4 is 5.32 Å². The summed E-state index contributed by atoms with van der Waals surface area (Å²) < 4.78 is 0. The summed E-state index contributed by atoms with van der Waals surface area (Å²) in [4.78, 5) is 0. The van der Waals surface area contributed by atoms with Gasteiger partial charge in [-0.05, 0) is 25.1 Å². The van der Waals surface area contributed by atoms with E-state index in [0.29, 0.717) is 6.54 Å². The van der Waals surface area contributed by atoms with Gasteiger partial charge in [0.05, 0.1) is 6.10 Å². The number of nitrogens with one attached hydrogen (secondary N) is 1. The van der Waals surface area contributed by atoms with E-state index in [2.05, 4.69) is 48.6 Å². The van der Waals surface area contributed by atoms with E-state index < -0.39 is 6.10 Å². The SMILES string of the molecule is CNCC(O)C(c1ccccc1)c1ccc(C)cc1. The molecule has 2 unspecified atom stereocenters. The summed E-state index contributed by atoms with van der Waals surface area (Å²) in [5.74, 6) is 0.00856. The van der Waals surface area contributed by atoms with Crippen molar-refractivity contribution < 1.29 is 5.11 Å². The van der Waals surface area contributed by atoms with Crippen LogP contribution in [0.4, 0.5) is 0 Å². The van der Waals surface area contributed by atoms with Gasteiger partial charge in [-0.25, -0.2) is 0 Å². The first kappa shape index (κ1) is 13.8. The van der Waals surface area contributed by atoms with Crippen LogP contribution in [-0.2, 0) is 0 Å². The van der Waals surface area contributed by atoms with Gasteiger partial charge in [0.2, 0.25) is 0 Å². The molecule has 0 fully saturated rings. The zero-order chi connectivity index (χ0) is 13.7. The van der Waals surface area contributed by atoms with Crippen LogP contribution in [0.25, 0.3) is 0 Å². The van der Waals surface area contributed by atoms with Crippen molar-refractivity contribution in [3.8, 4) is 0 Å². The van der Waals surface area contributed by atoms with Gasteiger partial charge < -0.3 is 10.4 Å². The highest BCUT2D eigenvalue weighted by Crippen LogP contribution is 2.28. The Labute approximate surface area is 115 Å². The van der Waals surface area contributed by atoms with Gasteiger partial charge >= 0.3 is 0 Å². The second-order valence-electron chi connectivity index (χ2n) is 4.92. The molecule has 0 aliphatic carbocycles. The minimum atomic E-state index is -0.435. The Morgan fingerprint density at radius 2 is 1.53 bits per heavy atom. The molecule has 2 aromatic rings. The molecule has 2 aromatic carbocycles. The third kappa shape index (κ3) is 3.43. The maximum atomic E-state index is 10.4. The minimum absolute atomic E-state index is 0.00856. The van der Waals surface area contributed by atoms with Crippen LogP contribution in [0.3, 0.4) is 0 Å². The molecule has 19 heavy (non-hydrogen) atoms. The van der Waals surface area contributed by atoms with Crippen molar-refractivity contribution in [3.05, 3.63) is 71.3 Å². The van der Waals surface area contributed by atoms with Crippen molar-refractivity contribution in [2.45, 2.75) is 18.9 Å². The fourth-order valence-electron chi connectivity index (χ4n) is 2.40. The van der Waals surface area contributed by atoms with Gasteiger partial charge in [0.15, 0.2) is 0 Å². The van der Waals surface area contributed by atoms with Crippen LogP contribution in [0.1, 0.15) is 22.6 Å². The molecule has 0 bridgehead atoms. The molecule has 0 aliphatic rings. The second kappa shape index (κ2) is 6.50. The van der Waals surface area contributed by atoms with E-state index in [1.165, 1.54) is 5.56 Å². The fraction of sp³-hybridized carbons (Fsp3) is 0.294. The van der Waals surface area contributed by atoms with Crippen LogP contribution in [0, 0.1) is 6.92 Å². The van der Waals surface area contributed by atoms with Crippen molar-refractivity contribution in [3.63, 3.8) is 0 Å². The van der Waals surface area contributed by atoms with E-state index in [9.17, 15) is 5.11 Å². The van der Waals surface area contributed by atoms with Gasteiger partial charge in [-0.15, -0.1) is 0 Å². The smallest absolute Gasteiger partial charge is 0.0773 e. The Kier molecular flexibility index (Phi) is 4.72. The summed E-state index contributed by atoms with van der Waals surface area (Å²) in [5, 5.41) is 13.5. The summed E-state index contributed by atoms with van der Waals surface area (Å²) in [7, 11) is 1.86. The zero-order valence-corrected chi connectivity index (χ0v) is 11.5. The summed E-state index contributed by atoms with van der Waals surface area (Å²) in [6.45, 7) is 2.65. The van der Waals surface area contributed by atoms with Crippen LogP contribution >= 0.6 is 0 Å². The molecule has 2 N–H and O–H groups in total. The molecule has 0 radical (unpaired) electrons. The quantitative estimate of drug-likeness (QED) is 0.861. The van der Waals surface area contributed by atoms with Crippen molar-refractivity contribution in [1.29, 1.82) is 0 Å². The maximum absolute atomic E-state index is 10.4. The van der Waals surface area contributed by atoms with Gasteiger partial charge in [0, 0.05) is 12.5 Å². The first-order valence-corrected chi connectivity index (χ1v) is 6.66. The molecule has 2 heteroatoms. The van der Waals surface area contributed by atoms with E-state index in [-0.39, 0.29) is 5.92 Å². The zero-order valence-electron chi connectivity index (χ0n) is 11.5. The lowest BCUT2D eigenvalue weighted by molar-refractivity contribution is 0.156. The molecule has 0 heterocycles. The summed E-state index contributed by atoms with van der Waals surface area (Å²) >= 11 is 0. The molecular formula is C17H21NO. The van der Waals surface area contributed by atoms with Gasteiger partial charge in [-0.3, -0.25) is 0 Å². The average molecular weight is 255 g/mol. The third-order valence-electron chi connectivity index (χ3n) is 3.39. The topological polar surface area (TPSA) is 32.3 Å². The molecule has 0 aromatic heterocycles. The molecule has 0 aliphatic heterocycles. The highest BCUT2D eigenvalue weighted by molar-refractivity contribution is 5.35. The first-order valence-electron chi connectivity index (χ1n) is 6.66. The Bertz CT molecular complexity index is 492. The van der Waals surface area contributed by atoms with Crippen LogP contribution in [-0.4, -0.2) is 24.8 Å². The molecule has 2 nitrogen and oxygen atoms in total. The third-order valence-corrected chi connectivity index (χ3v) is 3.39. The predicted octanol–water partition coefficient (Wildman–Crippen LogP) is 2.71. The molecule has 0 saturated carbocycles. The summed E-state index contributed by atoms with van der Waals surface area (Å²) in [6.07, 6.45) is -0.435. The number of benzene rings is 2. The lowest BCUT2D eigenvalue weighted by atomic mass is 9.86. The summed E-state index contributed by atoms with van der Waals surface area (Å²) in [5.41, 5.74) is 3.53. The first-order chi connectivity index (χ1) is 9.22. The van der Waals surface area contributed by atoms with Gasteiger partial charge in [-0.2, -0.15) is 0 Å². The van der Waals surface area contributed by atoms with Crippen molar-refractivity contribution in [2.75, 3.05) is 13.6 Å². The normalized spacial score (nSPS) is 14.1. The van der Waals surface area contributed by atoms with E-state index in [1.54, 1.807) is 0 Å². The highest BCUT2D eigenvalue weighted by atomic mass is 16.3. The number of aliphatic hydroxyl groups excluding tert-OH is 1. The molecule has 2 rings (SSSR count). The number of aryl methyl sites for hydroxylation is 1. The largest absolute Gasteiger partial charge is 0.391 e. The molecule has 0 spiro atoms. The Morgan fingerprint density at radius 3 is 2.11 bits per heavy atom. The van der Waals surface area contributed by atoms with E-state index in [4.69, 9.17) is 0 Å². The maximum Gasteiger partial charge on any atom is 0.0773 e. The monoisotopic (exact) mass is 255 g/mol. The van der Waals surface area contributed by atoms with Gasteiger partial charge in [-0.1, -0.05) is 60.2 Å². The number of hydrogen-bond acceptors (Lipinski definition) is 2. The second-order valence-corrected chi connectivity index (χ2v) is 4.92. The Hall–Kier alpha value is -1.64. The van der Waals surface area contributed by atoms with E-state index in [1.807, 2.05) is 25.2 Å². The molecule has 2 atom stereocenters. The van der Waals surface area contributed by atoms with E-state index in [0.717, 1.165) is 11.1 Å². The highest BCUT2D eigenvalue weighted by Gasteiger charge is 2.22. The molecular weight excluding hydrogens is 234 g/mol. The van der Waals surface area contributed by atoms with Crippen LogP contribution in [0.15, 0.2) is 54.6 Å². The number of likely N-dealkylation sites (N-methyl/N-ethyl adjacent to an activating group) is 1. The van der Waals surface area contributed by atoms with Crippen LogP contribution in [0.5, 0.6) is 0 Å². The molecule has 0 saturated heterocycles.